The van der Waals surface area contributed by atoms with Gasteiger partial charge in [0.15, 0.2) is 0 Å². The van der Waals surface area contributed by atoms with E-state index < -0.39 is 15.7 Å². The average Bonchev–Trinajstić information content (AvgIpc) is 2.28. The molecule has 0 amide bonds. The van der Waals surface area contributed by atoms with Crippen molar-refractivity contribution in [3.05, 3.63) is 0 Å². The monoisotopic (exact) mass is 259 g/mol. The molecule has 1 aliphatic rings. The zero-order valence-electron chi connectivity index (χ0n) is 10.7. The molecule has 1 heterocycles. The third kappa shape index (κ3) is 3.66. The molecule has 6 heteroatoms. The van der Waals surface area contributed by atoms with Crippen molar-refractivity contribution >= 4 is 10.2 Å². The van der Waals surface area contributed by atoms with Crippen LogP contribution in [0.4, 0.5) is 0 Å². The van der Waals surface area contributed by atoms with Crippen molar-refractivity contribution in [3.63, 3.8) is 0 Å². The van der Waals surface area contributed by atoms with Crippen LogP contribution in [0.15, 0.2) is 0 Å². The number of hydrogen-bond acceptors (Lipinski definition) is 3. The van der Waals surface area contributed by atoms with E-state index in [0.29, 0.717) is 25.4 Å². The van der Waals surface area contributed by atoms with Gasteiger partial charge in [-0.1, -0.05) is 13.8 Å². The molecule has 0 aromatic heterocycles. The van der Waals surface area contributed by atoms with Gasteiger partial charge < -0.3 is 0 Å². The van der Waals surface area contributed by atoms with E-state index in [1.807, 2.05) is 13.0 Å². The largest absolute Gasteiger partial charge is 0.280 e. The van der Waals surface area contributed by atoms with Gasteiger partial charge in [-0.25, -0.2) is 0 Å². The van der Waals surface area contributed by atoms with Gasteiger partial charge in [0.2, 0.25) is 0 Å². The zero-order valence-corrected chi connectivity index (χ0v) is 11.5. The maximum atomic E-state index is 12.1. The standard InChI is InChI=1S/C11H21N3O2S/c1-4-11(3,9-12)13-17(15,16)14-7-5-6-10(2)8-14/h10,13H,4-8H2,1-3H3. The Morgan fingerprint density at radius 2 is 2.24 bits per heavy atom. The number of hydrogen-bond donors (Lipinski definition) is 1. The first-order chi connectivity index (χ1) is 7.83. The summed E-state index contributed by atoms with van der Waals surface area (Å²) in [6.45, 7) is 6.54. The van der Waals surface area contributed by atoms with E-state index in [9.17, 15) is 8.42 Å². The highest BCUT2D eigenvalue weighted by Gasteiger charge is 2.33. The molecular weight excluding hydrogens is 238 g/mol. The number of nitriles is 1. The Hall–Kier alpha value is -0.640. The molecule has 1 aliphatic heterocycles. The van der Waals surface area contributed by atoms with Crippen LogP contribution in [0.3, 0.4) is 0 Å². The van der Waals surface area contributed by atoms with E-state index in [-0.39, 0.29) is 0 Å². The van der Waals surface area contributed by atoms with Crippen molar-refractivity contribution < 1.29 is 8.42 Å². The van der Waals surface area contributed by atoms with Crippen LogP contribution in [0.25, 0.3) is 0 Å². The number of rotatable bonds is 4. The molecule has 2 atom stereocenters. The Balaban J connectivity index is 2.78. The lowest BCUT2D eigenvalue weighted by Crippen LogP contribution is -2.53. The van der Waals surface area contributed by atoms with E-state index >= 15 is 0 Å². The second kappa shape index (κ2) is 5.34. The Kier molecular flexibility index (Phi) is 4.53. The first-order valence-electron chi connectivity index (χ1n) is 6.03. The molecule has 0 spiro atoms. The molecule has 98 valence electrons. The minimum atomic E-state index is -3.54. The fourth-order valence-electron chi connectivity index (χ4n) is 1.89. The predicted octanol–water partition coefficient (Wildman–Crippen LogP) is 1.24. The Morgan fingerprint density at radius 1 is 1.59 bits per heavy atom. The molecule has 0 aliphatic carbocycles. The van der Waals surface area contributed by atoms with Crippen LogP contribution in [0.1, 0.15) is 40.0 Å². The van der Waals surface area contributed by atoms with Crippen LogP contribution in [-0.2, 0) is 10.2 Å². The molecule has 2 unspecified atom stereocenters. The normalized spacial score (nSPS) is 26.1. The zero-order chi connectivity index (χ0) is 13.1. The van der Waals surface area contributed by atoms with Crippen LogP contribution in [0.5, 0.6) is 0 Å². The summed E-state index contributed by atoms with van der Waals surface area (Å²) in [5, 5.41) is 9.00. The van der Waals surface area contributed by atoms with Crippen LogP contribution >= 0.6 is 0 Å². The van der Waals surface area contributed by atoms with Crippen molar-refractivity contribution in [1.82, 2.24) is 9.03 Å². The molecule has 0 bridgehead atoms. The Labute approximate surface area is 104 Å². The van der Waals surface area contributed by atoms with Gasteiger partial charge in [0, 0.05) is 13.1 Å². The van der Waals surface area contributed by atoms with E-state index in [4.69, 9.17) is 5.26 Å². The summed E-state index contributed by atoms with van der Waals surface area (Å²) in [5.74, 6) is 0.385. The molecule has 1 rings (SSSR count). The Morgan fingerprint density at radius 3 is 2.71 bits per heavy atom. The number of nitrogens with zero attached hydrogens (tertiary/aromatic N) is 2. The summed E-state index contributed by atoms with van der Waals surface area (Å²) in [7, 11) is -3.54. The highest BCUT2D eigenvalue weighted by molar-refractivity contribution is 7.87. The molecule has 17 heavy (non-hydrogen) atoms. The van der Waals surface area contributed by atoms with Crippen LogP contribution < -0.4 is 4.72 Å². The van der Waals surface area contributed by atoms with Gasteiger partial charge in [-0.05, 0) is 32.1 Å². The minimum Gasteiger partial charge on any atom is -0.196 e. The summed E-state index contributed by atoms with van der Waals surface area (Å²) in [5.41, 5.74) is -1.01. The molecule has 5 nitrogen and oxygen atoms in total. The van der Waals surface area contributed by atoms with Gasteiger partial charge in [-0.3, -0.25) is 0 Å². The second-order valence-electron chi connectivity index (χ2n) is 5.01. The van der Waals surface area contributed by atoms with Gasteiger partial charge in [0.25, 0.3) is 10.2 Å². The Bertz CT molecular complexity index is 401. The minimum absolute atomic E-state index is 0.385. The van der Waals surface area contributed by atoms with Gasteiger partial charge in [0.1, 0.15) is 5.54 Å². The molecule has 1 fully saturated rings. The molecule has 0 saturated carbocycles. The third-order valence-corrected chi connectivity index (χ3v) is 4.99. The van der Waals surface area contributed by atoms with Gasteiger partial charge in [0.05, 0.1) is 6.07 Å². The van der Waals surface area contributed by atoms with E-state index in [1.54, 1.807) is 13.8 Å². The van der Waals surface area contributed by atoms with E-state index in [2.05, 4.69) is 4.72 Å². The highest BCUT2D eigenvalue weighted by atomic mass is 32.2. The van der Waals surface area contributed by atoms with Crippen molar-refractivity contribution in [2.24, 2.45) is 5.92 Å². The summed E-state index contributed by atoms with van der Waals surface area (Å²) in [4.78, 5) is 0. The highest BCUT2D eigenvalue weighted by Crippen LogP contribution is 2.19. The first-order valence-corrected chi connectivity index (χ1v) is 7.47. The lowest BCUT2D eigenvalue weighted by molar-refractivity contribution is 0.274. The third-order valence-electron chi connectivity index (χ3n) is 3.27. The van der Waals surface area contributed by atoms with Crippen molar-refractivity contribution in [3.8, 4) is 6.07 Å². The van der Waals surface area contributed by atoms with Crippen molar-refractivity contribution in [2.45, 2.75) is 45.6 Å². The second-order valence-corrected chi connectivity index (χ2v) is 6.68. The smallest absolute Gasteiger partial charge is 0.196 e. The topological polar surface area (TPSA) is 73.2 Å². The van der Waals surface area contributed by atoms with Crippen LogP contribution in [-0.4, -0.2) is 31.4 Å². The maximum Gasteiger partial charge on any atom is 0.280 e. The molecule has 0 aromatic rings. The van der Waals surface area contributed by atoms with Crippen LogP contribution in [0, 0.1) is 17.2 Å². The summed E-state index contributed by atoms with van der Waals surface area (Å²) in [6.07, 6.45) is 2.40. The number of nitrogens with one attached hydrogen (secondary N) is 1. The van der Waals surface area contributed by atoms with E-state index in [1.165, 1.54) is 4.31 Å². The van der Waals surface area contributed by atoms with Crippen molar-refractivity contribution in [1.29, 1.82) is 5.26 Å². The maximum absolute atomic E-state index is 12.1. The summed E-state index contributed by atoms with van der Waals surface area (Å²) in [6, 6.07) is 2.02. The molecule has 0 radical (unpaired) electrons. The van der Waals surface area contributed by atoms with Crippen LogP contribution in [0.2, 0.25) is 0 Å². The summed E-state index contributed by atoms with van der Waals surface area (Å²) < 4.78 is 28.2. The van der Waals surface area contributed by atoms with Crippen molar-refractivity contribution in [2.75, 3.05) is 13.1 Å². The molecule has 0 aromatic carbocycles. The SMILES string of the molecule is CCC(C)(C#N)NS(=O)(=O)N1CCCC(C)C1. The average molecular weight is 259 g/mol. The summed E-state index contributed by atoms with van der Waals surface area (Å²) >= 11 is 0. The van der Waals surface area contributed by atoms with Gasteiger partial charge in [-0.15, -0.1) is 0 Å². The molecule has 1 N–H and O–H groups in total. The fraction of sp³-hybridized carbons (Fsp3) is 0.909. The quantitative estimate of drug-likeness (QED) is 0.825. The molecule has 1 saturated heterocycles. The van der Waals surface area contributed by atoms with E-state index in [0.717, 1.165) is 12.8 Å². The van der Waals surface area contributed by atoms with Gasteiger partial charge >= 0.3 is 0 Å². The fourth-order valence-corrected chi connectivity index (χ4v) is 3.60. The lowest BCUT2D eigenvalue weighted by atomic mass is 10.0. The van der Waals surface area contributed by atoms with Gasteiger partial charge in [-0.2, -0.15) is 22.7 Å². The molecular formula is C11H21N3O2S. The number of piperidine rings is 1. The predicted molar refractivity (Wildman–Crippen MR) is 66.3 cm³/mol. The lowest BCUT2D eigenvalue weighted by Gasteiger charge is -2.32. The first kappa shape index (κ1) is 14.4.